The lowest BCUT2D eigenvalue weighted by Crippen LogP contribution is -1.96. The first-order valence-electron chi connectivity index (χ1n) is 5.95. The molecular formula is C14H15ClN2S. The van der Waals surface area contributed by atoms with Gasteiger partial charge in [0, 0.05) is 17.4 Å². The third-order valence-corrected chi connectivity index (χ3v) is 3.55. The van der Waals surface area contributed by atoms with Crippen LogP contribution < -0.4 is 0 Å². The van der Waals surface area contributed by atoms with Crippen molar-refractivity contribution >= 4 is 23.4 Å². The lowest BCUT2D eigenvalue weighted by molar-refractivity contribution is 0.810. The van der Waals surface area contributed by atoms with Crippen LogP contribution in [-0.2, 0) is 6.42 Å². The van der Waals surface area contributed by atoms with Crippen molar-refractivity contribution in [1.29, 1.82) is 0 Å². The van der Waals surface area contributed by atoms with Crippen molar-refractivity contribution in [1.82, 2.24) is 9.97 Å². The van der Waals surface area contributed by atoms with E-state index in [0.29, 0.717) is 5.15 Å². The normalized spacial score (nSPS) is 10.6. The van der Waals surface area contributed by atoms with Gasteiger partial charge in [0.1, 0.15) is 16.0 Å². The monoisotopic (exact) mass is 278 g/mol. The van der Waals surface area contributed by atoms with Crippen LogP contribution in [0.4, 0.5) is 0 Å². The zero-order valence-corrected chi connectivity index (χ0v) is 12.1. The van der Waals surface area contributed by atoms with Crippen LogP contribution in [0.1, 0.15) is 24.7 Å². The summed E-state index contributed by atoms with van der Waals surface area (Å²) in [6.45, 7) is 4.19. The number of hydrogen-bond donors (Lipinski definition) is 0. The van der Waals surface area contributed by atoms with Crippen molar-refractivity contribution in [2.24, 2.45) is 0 Å². The van der Waals surface area contributed by atoms with Crippen LogP contribution in [0.3, 0.4) is 0 Å². The highest BCUT2D eigenvalue weighted by Gasteiger charge is 2.04. The summed E-state index contributed by atoms with van der Waals surface area (Å²) in [4.78, 5) is 9.89. The van der Waals surface area contributed by atoms with Gasteiger partial charge in [-0.3, -0.25) is 0 Å². The molecule has 1 aromatic carbocycles. The van der Waals surface area contributed by atoms with E-state index >= 15 is 0 Å². The van der Waals surface area contributed by atoms with Gasteiger partial charge in [0.05, 0.1) is 0 Å². The molecule has 0 radical (unpaired) electrons. The number of aromatic nitrogens is 2. The molecular weight excluding hydrogens is 264 g/mol. The van der Waals surface area contributed by atoms with Crippen LogP contribution >= 0.6 is 23.4 Å². The molecule has 0 spiro atoms. The molecule has 0 atom stereocenters. The Labute approximate surface area is 117 Å². The van der Waals surface area contributed by atoms with E-state index < -0.39 is 0 Å². The number of hydrogen-bond acceptors (Lipinski definition) is 3. The lowest BCUT2D eigenvalue weighted by Gasteiger charge is -2.04. The second-order valence-corrected chi connectivity index (χ2v) is 5.59. The summed E-state index contributed by atoms with van der Waals surface area (Å²) < 4.78 is 0. The zero-order valence-electron chi connectivity index (χ0n) is 10.5. The van der Waals surface area contributed by atoms with E-state index in [1.54, 1.807) is 11.8 Å². The van der Waals surface area contributed by atoms with E-state index in [9.17, 15) is 0 Å². The Kier molecular flexibility index (Phi) is 4.61. The number of rotatable bonds is 4. The number of aryl methyl sites for hydroxylation is 2. The van der Waals surface area contributed by atoms with E-state index in [1.807, 2.05) is 6.07 Å². The molecule has 0 amide bonds. The van der Waals surface area contributed by atoms with Crippen molar-refractivity contribution in [3.05, 3.63) is 46.9 Å². The Morgan fingerprint density at radius 1 is 1.17 bits per heavy atom. The van der Waals surface area contributed by atoms with Crippen molar-refractivity contribution in [3.8, 4) is 0 Å². The fraction of sp³-hybridized carbons (Fsp3) is 0.286. The Morgan fingerprint density at radius 2 is 1.89 bits per heavy atom. The Bertz CT molecular complexity index is 526. The van der Waals surface area contributed by atoms with E-state index in [2.05, 4.69) is 48.1 Å². The van der Waals surface area contributed by atoms with Crippen LogP contribution in [0.5, 0.6) is 0 Å². The first kappa shape index (κ1) is 13.4. The standard InChI is InChI=1S/C14H15ClN2S/c1-3-4-13-16-12(15)9-14(17-13)18-11-7-5-10(2)6-8-11/h5-9H,3-4H2,1-2H3. The summed E-state index contributed by atoms with van der Waals surface area (Å²) in [6, 6.07) is 10.2. The largest absolute Gasteiger partial charge is 0.226 e. The number of benzene rings is 1. The molecule has 0 unspecified atom stereocenters. The maximum absolute atomic E-state index is 6.01. The molecule has 0 aliphatic carbocycles. The molecule has 18 heavy (non-hydrogen) atoms. The molecule has 0 N–H and O–H groups in total. The Balaban J connectivity index is 2.20. The van der Waals surface area contributed by atoms with E-state index in [-0.39, 0.29) is 0 Å². The van der Waals surface area contributed by atoms with Gasteiger partial charge in [0.2, 0.25) is 0 Å². The van der Waals surface area contributed by atoms with E-state index in [1.165, 1.54) is 5.56 Å². The molecule has 0 aliphatic rings. The Morgan fingerprint density at radius 3 is 2.56 bits per heavy atom. The average molecular weight is 279 g/mol. The highest BCUT2D eigenvalue weighted by Crippen LogP contribution is 2.27. The maximum atomic E-state index is 6.01. The van der Waals surface area contributed by atoms with E-state index in [0.717, 1.165) is 28.6 Å². The second-order valence-electron chi connectivity index (χ2n) is 4.11. The van der Waals surface area contributed by atoms with Crippen LogP contribution in [0.25, 0.3) is 0 Å². The first-order chi connectivity index (χ1) is 8.67. The summed E-state index contributed by atoms with van der Waals surface area (Å²) in [5, 5.41) is 1.42. The molecule has 0 fully saturated rings. The SMILES string of the molecule is CCCc1nc(Cl)cc(Sc2ccc(C)cc2)n1. The van der Waals surface area contributed by atoms with Crippen LogP contribution in [-0.4, -0.2) is 9.97 Å². The van der Waals surface area contributed by atoms with Gasteiger partial charge < -0.3 is 0 Å². The van der Waals surface area contributed by atoms with Crippen LogP contribution in [0.2, 0.25) is 5.15 Å². The van der Waals surface area contributed by atoms with Gasteiger partial charge in [0.25, 0.3) is 0 Å². The van der Waals surface area contributed by atoms with Gasteiger partial charge in [-0.15, -0.1) is 0 Å². The van der Waals surface area contributed by atoms with Gasteiger partial charge in [-0.05, 0) is 25.5 Å². The second kappa shape index (κ2) is 6.21. The van der Waals surface area contributed by atoms with Crippen molar-refractivity contribution < 1.29 is 0 Å². The zero-order chi connectivity index (χ0) is 13.0. The summed E-state index contributed by atoms with van der Waals surface area (Å²) in [5.41, 5.74) is 1.26. The molecule has 1 aromatic heterocycles. The quantitative estimate of drug-likeness (QED) is 0.768. The smallest absolute Gasteiger partial charge is 0.133 e. The molecule has 0 aliphatic heterocycles. The van der Waals surface area contributed by atoms with Gasteiger partial charge in [-0.1, -0.05) is 48.0 Å². The highest BCUT2D eigenvalue weighted by molar-refractivity contribution is 7.99. The molecule has 0 saturated carbocycles. The molecule has 1 heterocycles. The maximum Gasteiger partial charge on any atom is 0.133 e. The van der Waals surface area contributed by atoms with Crippen molar-refractivity contribution in [2.75, 3.05) is 0 Å². The van der Waals surface area contributed by atoms with Crippen molar-refractivity contribution in [2.45, 2.75) is 36.6 Å². The van der Waals surface area contributed by atoms with Gasteiger partial charge in [-0.25, -0.2) is 9.97 Å². The molecule has 2 nitrogen and oxygen atoms in total. The lowest BCUT2D eigenvalue weighted by atomic mass is 10.2. The highest BCUT2D eigenvalue weighted by atomic mass is 35.5. The first-order valence-corrected chi connectivity index (χ1v) is 7.15. The molecule has 2 aromatic rings. The number of halogens is 1. The molecule has 0 bridgehead atoms. The fourth-order valence-electron chi connectivity index (χ4n) is 1.56. The summed E-state index contributed by atoms with van der Waals surface area (Å²) in [5.74, 6) is 0.819. The third kappa shape index (κ3) is 3.72. The topological polar surface area (TPSA) is 25.8 Å². The summed E-state index contributed by atoms with van der Waals surface area (Å²) in [7, 11) is 0. The van der Waals surface area contributed by atoms with Crippen molar-refractivity contribution in [3.63, 3.8) is 0 Å². The predicted octanol–water partition coefficient (Wildman–Crippen LogP) is 4.54. The van der Waals surface area contributed by atoms with Crippen LogP contribution in [0, 0.1) is 6.92 Å². The Hall–Kier alpha value is -1.06. The average Bonchev–Trinajstić information content (AvgIpc) is 2.32. The number of nitrogens with zero attached hydrogens (tertiary/aromatic N) is 2. The minimum Gasteiger partial charge on any atom is -0.226 e. The minimum atomic E-state index is 0.517. The van der Waals surface area contributed by atoms with Gasteiger partial charge in [-0.2, -0.15) is 0 Å². The predicted molar refractivity (Wildman–Crippen MR) is 76.3 cm³/mol. The van der Waals surface area contributed by atoms with E-state index in [4.69, 9.17) is 11.6 Å². The van der Waals surface area contributed by atoms with Gasteiger partial charge in [0.15, 0.2) is 0 Å². The third-order valence-electron chi connectivity index (χ3n) is 2.43. The minimum absolute atomic E-state index is 0.517. The van der Waals surface area contributed by atoms with Crippen LogP contribution in [0.15, 0.2) is 40.3 Å². The molecule has 2 rings (SSSR count). The van der Waals surface area contributed by atoms with Gasteiger partial charge >= 0.3 is 0 Å². The fourth-order valence-corrected chi connectivity index (χ4v) is 2.66. The molecule has 94 valence electrons. The summed E-state index contributed by atoms with van der Waals surface area (Å²) >= 11 is 7.63. The molecule has 0 saturated heterocycles. The summed E-state index contributed by atoms with van der Waals surface area (Å²) in [6.07, 6.45) is 1.89. The molecule has 4 heteroatoms.